The summed E-state index contributed by atoms with van der Waals surface area (Å²) >= 11 is 0. The van der Waals surface area contributed by atoms with Crippen LogP contribution in [0.1, 0.15) is 32.0 Å². The van der Waals surface area contributed by atoms with Crippen LogP contribution >= 0.6 is 0 Å². The zero-order chi connectivity index (χ0) is 15.9. The largest absolute Gasteiger partial charge is 0.384 e. The average molecular weight is 304 g/mol. The Balaban J connectivity index is 1.85. The summed E-state index contributed by atoms with van der Waals surface area (Å²) in [5.41, 5.74) is -0.451. The first-order valence-corrected chi connectivity index (χ1v) is 7.08. The van der Waals surface area contributed by atoms with Crippen LogP contribution in [0.25, 0.3) is 0 Å². The van der Waals surface area contributed by atoms with Gasteiger partial charge in [0.1, 0.15) is 23.2 Å². The van der Waals surface area contributed by atoms with Crippen LogP contribution < -0.4 is 4.90 Å². The van der Waals surface area contributed by atoms with Crippen LogP contribution in [0.15, 0.2) is 30.5 Å². The standard InChI is InChI=1S/C15H17FN4O2/c1-15(2,22)13-9-20(18-17-13)12-7-8-19(14(12)21)11-6-4-3-5-10(11)16/h3-6,9,12,22H,7-8H2,1-2H3. The molecule has 1 aliphatic heterocycles. The summed E-state index contributed by atoms with van der Waals surface area (Å²) in [5, 5.41) is 17.7. The molecule has 2 aromatic rings. The fraction of sp³-hybridized carbons (Fsp3) is 0.400. The molecule has 1 atom stereocenters. The van der Waals surface area contributed by atoms with E-state index in [0.29, 0.717) is 18.7 Å². The Morgan fingerprint density at radius 1 is 1.36 bits per heavy atom. The molecule has 1 unspecified atom stereocenters. The van der Waals surface area contributed by atoms with E-state index >= 15 is 0 Å². The highest BCUT2D eigenvalue weighted by molar-refractivity contribution is 5.98. The molecular formula is C15H17FN4O2. The first-order valence-electron chi connectivity index (χ1n) is 7.08. The molecule has 116 valence electrons. The second-order valence-corrected chi connectivity index (χ2v) is 5.89. The second-order valence-electron chi connectivity index (χ2n) is 5.89. The van der Waals surface area contributed by atoms with Crippen molar-refractivity contribution in [1.82, 2.24) is 15.0 Å². The van der Waals surface area contributed by atoms with Crippen molar-refractivity contribution in [1.29, 1.82) is 0 Å². The number of amides is 1. The van der Waals surface area contributed by atoms with Gasteiger partial charge in [0.25, 0.3) is 5.91 Å². The normalized spacial score (nSPS) is 19.0. The summed E-state index contributed by atoms with van der Waals surface area (Å²) in [6.07, 6.45) is 2.08. The molecule has 1 N–H and O–H groups in total. The number of aliphatic hydroxyl groups is 1. The van der Waals surface area contributed by atoms with Gasteiger partial charge in [0.15, 0.2) is 0 Å². The van der Waals surface area contributed by atoms with Gasteiger partial charge in [-0.05, 0) is 32.4 Å². The Morgan fingerprint density at radius 2 is 2.09 bits per heavy atom. The average Bonchev–Trinajstić information content (AvgIpc) is 3.05. The number of para-hydroxylation sites is 1. The Bertz CT molecular complexity index is 708. The zero-order valence-corrected chi connectivity index (χ0v) is 12.4. The molecule has 3 rings (SSSR count). The number of anilines is 1. The van der Waals surface area contributed by atoms with Gasteiger partial charge in [-0.3, -0.25) is 4.79 Å². The van der Waals surface area contributed by atoms with Gasteiger partial charge < -0.3 is 10.0 Å². The predicted molar refractivity (Wildman–Crippen MR) is 77.7 cm³/mol. The summed E-state index contributed by atoms with van der Waals surface area (Å²) in [6, 6.07) is 5.67. The molecule has 1 aromatic heterocycles. The lowest BCUT2D eigenvalue weighted by Gasteiger charge is -2.17. The van der Waals surface area contributed by atoms with Gasteiger partial charge in [-0.2, -0.15) is 0 Å². The monoisotopic (exact) mass is 304 g/mol. The van der Waals surface area contributed by atoms with Gasteiger partial charge in [0.2, 0.25) is 0 Å². The number of benzene rings is 1. The van der Waals surface area contributed by atoms with Crippen LogP contribution in [0.2, 0.25) is 0 Å². The third-order valence-electron chi connectivity index (χ3n) is 3.78. The van der Waals surface area contributed by atoms with Crippen molar-refractivity contribution in [3.63, 3.8) is 0 Å². The van der Waals surface area contributed by atoms with Gasteiger partial charge >= 0.3 is 0 Å². The summed E-state index contributed by atoms with van der Waals surface area (Å²) in [7, 11) is 0. The molecule has 7 heteroatoms. The topological polar surface area (TPSA) is 71.2 Å². The van der Waals surface area contributed by atoms with Crippen molar-refractivity contribution < 1.29 is 14.3 Å². The zero-order valence-electron chi connectivity index (χ0n) is 12.4. The number of halogens is 1. The maximum absolute atomic E-state index is 13.8. The van der Waals surface area contributed by atoms with Crippen molar-refractivity contribution in [2.45, 2.75) is 31.9 Å². The molecule has 22 heavy (non-hydrogen) atoms. The predicted octanol–water partition coefficient (Wildman–Crippen LogP) is 1.62. The Kier molecular flexibility index (Phi) is 3.44. The van der Waals surface area contributed by atoms with Crippen molar-refractivity contribution in [3.8, 4) is 0 Å². The van der Waals surface area contributed by atoms with E-state index in [9.17, 15) is 14.3 Å². The fourth-order valence-electron chi connectivity index (χ4n) is 2.53. The van der Waals surface area contributed by atoms with Gasteiger partial charge in [-0.25, -0.2) is 9.07 Å². The first kappa shape index (κ1) is 14.6. The molecule has 6 nitrogen and oxygen atoms in total. The third kappa shape index (κ3) is 2.48. The molecule has 1 saturated heterocycles. The quantitative estimate of drug-likeness (QED) is 0.935. The van der Waals surface area contributed by atoms with Crippen molar-refractivity contribution >= 4 is 11.6 Å². The Morgan fingerprint density at radius 3 is 2.73 bits per heavy atom. The molecule has 2 heterocycles. The van der Waals surface area contributed by atoms with E-state index in [1.54, 1.807) is 38.2 Å². The third-order valence-corrected chi connectivity index (χ3v) is 3.78. The number of rotatable bonds is 3. The highest BCUT2D eigenvalue weighted by Gasteiger charge is 2.36. The molecular weight excluding hydrogens is 287 g/mol. The van der Waals surface area contributed by atoms with Gasteiger partial charge in [0.05, 0.1) is 11.9 Å². The lowest BCUT2D eigenvalue weighted by Crippen LogP contribution is -2.29. The van der Waals surface area contributed by atoms with Crippen LogP contribution in [0.5, 0.6) is 0 Å². The molecule has 0 saturated carbocycles. The van der Waals surface area contributed by atoms with Gasteiger partial charge in [-0.1, -0.05) is 17.3 Å². The summed E-state index contributed by atoms with van der Waals surface area (Å²) in [6.45, 7) is 3.62. The first-order chi connectivity index (χ1) is 10.4. The van der Waals surface area contributed by atoms with Crippen molar-refractivity contribution in [2.75, 3.05) is 11.4 Å². The van der Waals surface area contributed by atoms with Crippen LogP contribution in [-0.4, -0.2) is 32.6 Å². The summed E-state index contributed by atoms with van der Waals surface area (Å²) in [5.74, 6) is -0.649. The second kappa shape index (κ2) is 5.17. The lowest BCUT2D eigenvalue weighted by molar-refractivity contribution is -0.120. The molecule has 1 fully saturated rings. The summed E-state index contributed by atoms with van der Waals surface area (Å²) in [4.78, 5) is 13.9. The molecule has 0 bridgehead atoms. The van der Waals surface area contributed by atoms with E-state index in [2.05, 4.69) is 10.3 Å². The smallest absolute Gasteiger partial charge is 0.252 e. The van der Waals surface area contributed by atoms with E-state index in [1.165, 1.54) is 15.6 Å². The number of nitrogens with zero attached hydrogens (tertiary/aromatic N) is 4. The highest BCUT2D eigenvalue weighted by atomic mass is 19.1. The maximum atomic E-state index is 13.8. The van der Waals surface area contributed by atoms with Crippen molar-refractivity contribution in [3.05, 3.63) is 42.0 Å². The van der Waals surface area contributed by atoms with Crippen LogP contribution in [0.4, 0.5) is 10.1 Å². The minimum Gasteiger partial charge on any atom is -0.384 e. The van der Waals surface area contributed by atoms with E-state index < -0.39 is 17.5 Å². The Hall–Kier alpha value is -2.28. The number of carbonyl (C=O) groups excluding carboxylic acids is 1. The molecule has 1 aliphatic rings. The van der Waals surface area contributed by atoms with Crippen LogP contribution in [0, 0.1) is 5.82 Å². The van der Waals surface area contributed by atoms with Crippen molar-refractivity contribution in [2.24, 2.45) is 0 Å². The number of hydrogen-bond acceptors (Lipinski definition) is 4. The number of hydrogen-bond donors (Lipinski definition) is 1. The SMILES string of the molecule is CC(C)(O)c1cn(C2CCN(c3ccccc3F)C2=O)nn1. The van der Waals surface area contributed by atoms with E-state index in [4.69, 9.17) is 0 Å². The van der Waals surface area contributed by atoms with E-state index in [1.807, 2.05) is 0 Å². The van der Waals surface area contributed by atoms with Crippen LogP contribution in [0.3, 0.4) is 0 Å². The van der Waals surface area contributed by atoms with E-state index in [-0.39, 0.29) is 11.6 Å². The summed E-state index contributed by atoms with van der Waals surface area (Å²) < 4.78 is 15.3. The highest BCUT2D eigenvalue weighted by Crippen LogP contribution is 2.30. The fourth-order valence-corrected chi connectivity index (χ4v) is 2.53. The molecule has 1 amide bonds. The van der Waals surface area contributed by atoms with Gasteiger partial charge in [-0.15, -0.1) is 5.10 Å². The Labute approximate surface area is 127 Å². The van der Waals surface area contributed by atoms with Crippen LogP contribution in [-0.2, 0) is 10.4 Å². The minimum absolute atomic E-state index is 0.225. The molecule has 1 aromatic carbocycles. The molecule has 0 spiro atoms. The lowest BCUT2D eigenvalue weighted by atomic mass is 10.1. The molecule has 0 aliphatic carbocycles. The molecule has 0 radical (unpaired) electrons. The number of aromatic nitrogens is 3. The van der Waals surface area contributed by atoms with Gasteiger partial charge in [0, 0.05) is 6.54 Å². The van der Waals surface area contributed by atoms with E-state index in [0.717, 1.165) is 0 Å². The maximum Gasteiger partial charge on any atom is 0.252 e. The number of carbonyl (C=O) groups is 1. The minimum atomic E-state index is -1.12.